The Hall–Kier alpha value is -5.08. The number of fused-ring (bicyclic) bond motifs is 6. The average Bonchev–Trinajstić information content (AvgIpc) is 3.47. The van der Waals surface area contributed by atoms with Gasteiger partial charge in [0.15, 0.2) is 0 Å². The minimum atomic E-state index is 0.0237. The Morgan fingerprint density at radius 1 is 0.488 bits per heavy atom. The molecular weight excluding hydrogens is 496 g/mol. The normalized spacial score (nSPS) is 13.3. The molecule has 0 saturated carbocycles. The first kappa shape index (κ1) is 23.8. The van der Waals surface area contributed by atoms with Crippen LogP contribution in [0.4, 0.5) is 11.4 Å². The van der Waals surface area contributed by atoms with E-state index >= 15 is 0 Å². The number of hydrogen-bond acceptors (Lipinski definition) is 1. The Labute approximate surface area is 240 Å². The minimum Gasteiger partial charge on any atom is -0.356 e. The summed E-state index contributed by atoms with van der Waals surface area (Å²) in [6.45, 7) is 4.64. The van der Waals surface area contributed by atoms with Crippen LogP contribution in [-0.2, 0) is 5.41 Å². The second-order valence-corrected chi connectivity index (χ2v) is 11.5. The molecule has 6 aromatic carbocycles. The predicted molar refractivity (Wildman–Crippen MR) is 174 cm³/mol. The van der Waals surface area contributed by atoms with E-state index < -0.39 is 0 Å². The molecule has 196 valence electrons. The summed E-state index contributed by atoms with van der Waals surface area (Å²) < 4.78 is 2.40. The van der Waals surface area contributed by atoms with E-state index in [1.165, 1.54) is 60.9 Å². The fourth-order valence-electron chi connectivity index (χ4n) is 6.79. The molecule has 2 heteroatoms. The van der Waals surface area contributed by atoms with Gasteiger partial charge in [0.05, 0.1) is 16.7 Å². The number of aromatic nitrogens is 1. The van der Waals surface area contributed by atoms with Crippen LogP contribution in [0.25, 0.3) is 49.7 Å². The lowest BCUT2D eigenvalue weighted by Crippen LogP contribution is -2.14. The summed E-state index contributed by atoms with van der Waals surface area (Å²) >= 11 is 0. The molecule has 1 aliphatic carbocycles. The zero-order valence-corrected chi connectivity index (χ0v) is 23.2. The van der Waals surface area contributed by atoms with E-state index in [9.17, 15) is 0 Å². The summed E-state index contributed by atoms with van der Waals surface area (Å²) in [6.07, 6.45) is 0. The lowest BCUT2D eigenvalue weighted by molar-refractivity contribution is 0.660. The molecule has 1 aliphatic rings. The number of benzene rings is 6. The van der Waals surface area contributed by atoms with Crippen molar-refractivity contribution in [3.8, 4) is 27.9 Å². The lowest BCUT2D eigenvalue weighted by atomic mass is 9.82. The lowest BCUT2D eigenvalue weighted by Gasteiger charge is -2.21. The summed E-state index contributed by atoms with van der Waals surface area (Å²) in [5, 5.41) is 6.21. The molecule has 0 radical (unpaired) electrons. The molecule has 1 N–H and O–H groups in total. The molecule has 8 rings (SSSR count). The van der Waals surface area contributed by atoms with Gasteiger partial charge in [-0.3, -0.25) is 0 Å². The van der Waals surface area contributed by atoms with Gasteiger partial charge in [0.2, 0.25) is 0 Å². The van der Waals surface area contributed by atoms with Crippen LogP contribution >= 0.6 is 0 Å². The van der Waals surface area contributed by atoms with E-state index in [4.69, 9.17) is 0 Å². The van der Waals surface area contributed by atoms with E-state index in [0.29, 0.717) is 0 Å². The molecule has 0 atom stereocenters. The van der Waals surface area contributed by atoms with Crippen LogP contribution in [0.2, 0.25) is 0 Å². The molecule has 2 nitrogen and oxygen atoms in total. The summed E-state index contributed by atoms with van der Waals surface area (Å²) in [4.78, 5) is 0. The fourth-order valence-corrected chi connectivity index (χ4v) is 6.79. The van der Waals surface area contributed by atoms with Gasteiger partial charge in [0, 0.05) is 33.1 Å². The second kappa shape index (κ2) is 8.97. The van der Waals surface area contributed by atoms with Gasteiger partial charge in [-0.1, -0.05) is 111 Å². The van der Waals surface area contributed by atoms with Crippen LogP contribution in [0.15, 0.2) is 140 Å². The van der Waals surface area contributed by atoms with Crippen LogP contribution in [0.5, 0.6) is 0 Å². The van der Waals surface area contributed by atoms with E-state index in [0.717, 1.165) is 11.4 Å². The van der Waals surface area contributed by atoms with Gasteiger partial charge in [-0.25, -0.2) is 0 Å². The van der Waals surface area contributed by atoms with Crippen LogP contribution in [0.1, 0.15) is 25.0 Å². The predicted octanol–water partition coefficient (Wildman–Crippen LogP) is 10.5. The molecule has 41 heavy (non-hydrogen) atoms. The number of rotatable bonds is 4. The molecule has 7 aromatic rings. The van der Waals surface area contributed by atoms with Crippen LogP contribution < -0.4 is 5.32 Å². The Bertz CT molecular complexity index is 2040. The second-order valence-electron chi connectivity index (χ2n) is 11.5. The fraction of sp³-hybridized carbons (Fsp3) is 0.0769. The molecule has 0 unspecified atom stereocenters. The highest BCUT2D eigenvalue weighted by atomic mass is 15.0. The highest BCUT2D eigenvalue weighted by Gasteiger charge is 2.35. The maximum atomic E-state index is 3.66. The van der Waals surface area contributed by atoms with Gasteiger partial charge in [-0.2, -0.15) is 0 Å². The third-order valence-corrected chi connectivity index (χ3v) is 8.79. The quantitative estimate of drug-likeness (QED) is 0.241. The topological polar surface area (TPSA) is 17.0 Å². The molecule has 0 aliphatic heterocycles. The van der Waals surface area contributed by atoms with Gasteiger partial charge < -0.3 is 9.88 Å². The standard InChI is InChI=1S/C39H30N2/c1-39(2)34-15-7-3-12-30(34)33-25-28(23-24-35(33)39)40-27-21-19-26(20-22-27)29-11-4-8-16-36(29)41-37-17-9-5-13-31(37)32-14-6-10-18-38(32)41/h3-25,40H,1-2H3. The van der Waals surface area contributed by atoms with Crippen LogP contribution in [-0.4, -0.2) is 4.57 Å². The van der Waals surface area contributed by atoms with Gasteiger partial charge in [-0.15, -0.1) is 0 Å². The first-order valence-corrected chi connectivity index (χ1v) is 14.3. The first-order chi connectivity index (χ1) is 20.1. The first-order valence-electron chi connectivity index (χ1n) is 14.3. The average molecular weight is 527 g/mol. The van der Waals surface area contributed by atoms with Crippen molar-refractivity contribution in [3.63, 3.8) is 0 Å². The number of hydrogen-bond donors (Lipinski definition) is 1. The Morgan fingerprint density at radius 3 is 1.78 bits per heavy atom. The van der Waals surface area contributed by atoms with Crippen molar-refractivity contribution in [3.05, 3.63) is 151 Å². The number of nitrogens with one attached hydrogen (secondary N) is 1. The maximum Gasteiger partial charge on any atom is 0.0541 e. The van der Waals surface area contributed by atoms with Crippen molar-refractivity contribution in [1.29, 1.82) is 0 Å². The highest BCUT2D eigenvalue weighted by molar-refractivity contribution is 6.09. The van der Waals surface area contributed by atoms with E-state index in [-0.39, 0.29) is 5.41 Å². The van der Waals surface area contributed by atoms with E-state index in [1.807, 2.05) is 0 Å². The van der Waals surface area contributed by atoms with Gasteiger partial charge in [0.1, 0.15) is 0 Å². The SMILES string of the molecule is CC1(C)c2ccccc2-c2cc(Nc3ccc(-c4ccccc4-n4c5ccccc5c5ccccc54)cc3)ccc21. The number of nitrogens with zero attached hydrogens (tertiary/aromatic N) is 1. The van der Waals surface area contributed by atoms with E-state index in [2.05, 4.69) is 163 Å². The summed E-state index contributed by atoms with van der Waals surface area (Å²) in [5.74, 6) is 0. The summed E-state index contributed by atoms with van der Waals surface area (Å²) in [6, 6.07) is 50.5. The highest BCUT2D eigenvalue weighted by Crippen LogP contribution is 2.49. The van der Waals surface area contributed by atoms with Crippen molar-refractivity contribution in [2.24, 2.45) is 0 Å². The van der Waals surface area contributed by atoms with Crippen molar-refractivity contribution >= 4 is 33.2 Å². The largest absolute Gasteiger partial charge is 0.356 e. The van der Waals surface area contributed by atoms with Crippen LogP contribution in [0.3, 0.4) is 0 Å². The summed E-state index contributed by atoms with van der Waals surface area (Å²) in [7, 11) is 0. The third-order valence-electron chi connectivity index (χ3n) is 8.79. The smallest absolute Gasteiger partial charge is 0.0541 e. The Kier molecular flexibility index (Phi) is 5.20. The minimum absolute atomic E-state index is 0.0237. The van der Waals surface area contributed by atoms with Crippen molar-refractivity contribution in [2.75, 3.05) is 5.32 Å². The molecule has 0 bridgehead atoms. The molecule has 1 aromatic heterocycles. The third kappa shape index (κ3) is 3.64. The molecular formula is C39H30N2. The summed E-state index contributed by atoms with van der Waals surface area (Å²) in [5.41, 5.74) is 13.7. The molecule has 0 saturated heterocycles. The zero-order chi connectivity index (χ0) is 27.6. The van der Waals surface area contributed by atoms with Crippen molar-refractivity contribution in [1.82, 2.24) is 4.57 Å². The van der Waals surface area contributed by atoms with Crippen molar-refractivity contribution in [2.45, 2.75) is 19.3 Å². The van der Waals surface area contributed by atoms with Crippen LogP contribution in [0, 0.1) is 0 Å². The zero-order valence-electron chi connectivity index (χ0n) is 23.2. The van der Waals surface area contributed by atoms with Crippen molar-refractivity contribution < 1.29 is 0 Å². The number of anilines is 2. The Balaban J connectivity index is 1.16. The van der Waals surface area contributed by atoms with Gasteiger partial charge >= 0.3 is 0 Å². The van der Waals surface area contributed by atoms with Gasteiger partial charge in [-0.05, 0) is 70.3 Å². The van der Waals surface area contributed by atoms with E-state index in [1.54, 1.807) is 0 Å². The molecule has 0 fully saturated rings. The monoisotopic (exact) mass is 526 g/mol. The molecule has 0 spiro atoms. The number of para-hydroxylation sites is 3. The maximum absolute atomic E-state index is 3.66. The Morgan fingerprint density at radius 2 is 1.05 bits per heavy atom. The van der Waals surface area contributed by atoms with Gasteiger partial charge in [0.25, 0.3) is 0 Å². The molecule has 1 heterocycles. The molecule has 0 amide bonds.